The van der Waals surface area contributed by atoms with Crippen LogP contribution in [0, 0.1) is 0 Å². The summed E-state index contributed by atoms with van der Waals surface area (Å²) in [6.45, 7) is 0.858. The SMILES string of the molecule is OC1CCCCC12CCCCO2. The fraction of sp³-hybridized carbons (Fsp3) is 1.00. The second kappa shape index (κ2) is 3.35. The summed E-state index contributed by atoms with van der Waals surface area (Å²) in [7, 11) is 0. The third kappa shape index (κ3) is 1.38. The van der Waals surface area contributed by atoms with Crippen LogP contribution in [0.1, 0.15) is 44.9 Å². The average Bonchev–Trinajstić information content (AvgIpc) is 2.12. The first kappa shape index (κ1) is 8.52. The molecule has 1 spiro atoms. The summed E-state index contributed by atoms with van der Waals surface area (Å²) in [6.07, 6.45) is 7.73. The molecule has 0 aromatic rings. The fourth-order valence-electron chi connectivity index (χ4n) is 2.53. The summed E-state index contributed by atoms with van der Waals surface area (Å²) in [4.78, 5) is 0. The van der Waals surface area contributed by atoms with Crippen molar-refractivity contribution in [2.24, 2.45) is 0 Å². The van der Waals surface area contributed by atoms with Gasteiger partial charge in [-0.2, -0.15) is 0 Å². The van der Waals surface area contributed by atoms with Gasteiger partial charge in [0.15, 0.2) is 0 Å². The van der Waals surface area contributed by atoms with Gasteiger partial charge in [0, 0.05) is 6.61 Å². The maximum atomic E-state index is 9.86. The average molecular weight is 170 g/mol. The quantitative estimate of drug-likeness (QED) is 0.601. The van der Waals surface area contributed by atoms with Crippen LogP contribution in [0.2, 0.25) is 0 Å². The smallest absolute Gasteiger partial charge is 0.0940 e. The van der Waals surface area contributed by atoms with Gasteiger partial charge >= 0.3 is 0 Å². The van der Waals surface area contributed by atoms with E-state index in [1.807, 2.05) is 0 Å². The fourth-order valence-corrected chi connectivity index (χ4v) is 2.53. The van der Waals surface area contributed by atoms with Crippen LogP contribution >= 0.6 is 0 Å². The number of rotatable bonds is 0. The number of ether oxygens (including phenoxy) is 1. The van der Waals surface area contributed by atoms with Crippen LogP contribution in [0.5, 0.6) is 0 Å². The maximum Gasteiger partial charge on any atom is 0.0940 e. The molecule has 0 aromatic carbocycles. The molecule has 2 rings (SSSR count). The van der Waals surface area contributed by atoms with Gasteiger partial charge < -0.3 is 9.84 Å². The van der Waals surface area contributed by atoms with Crippen LogP contribution in [-0.2, 0) is 4.74 Å². The first-order chi connectivity index (χ1) is 5.83. The summed E-state index contributed by atoms with van der Waals surface area (Å²) >= 11 is 0. The molecular formula is C10H18O2. The van der Waals surface area contributed by atoms with E-state index in [9.17, 15) is 5.11 Å². The molecule has 0 bridgehead atoms. The van der Waals surface area contributed by atoms with Crippen LogP contribution in [0.15, 0.2) is 0 Å². The Labute approximate surface area is 73.9 Å². The van der Waals surface area contributed by atoms with E-state index >= 15 is 0 Å². The lowest BCUT2D eigenvalue weighted by Gasteiger charge is -2.43. The van der Waals surface area contributed by atoms with Crippen LogP contribution in [0.3, 0.4) is 0 Å². The predicted molar refractivity (Wildman–Crippen MR) is 47.0 cm³/mol. The Morgan fingerprint density at radius 2 is 1.83 bits per heavy atom. The van der Waals surface area contributed by atoms with Crippen molar-refractivity contribution in [3.05, 3.63) is 0 Å². The van der Waals surface area contributed by atoms with Gasteiger partial charge in [0.25, 0.3) is 0 Å². The highest BCUT2D eigenvalue weighted by molar-refractivity contribution is 4.93. The molecule has 1 saturated heterocycles. The topological polar surface area (TPSA) is 29.5 Å². The number of aliphatic hydroxyl groups excluding tert-OH is 1. The van der Waals surface area contributed by atoms with E-state index in [0.717, 1.165) is 25.9 Å². The summed E-state index contributed by atoms with van der Waals surface area (Å²) in [5, 5.41) is 9.86. The maximum absolute atomic E-state index is 9.86. The van der Waals surface area contributed by atoms with E-state index in [4.69, 9.17) is 4.74 Å². The molecule has 2 aliphatic rings. The van der Waals surface area contributed by atoms with Gasteiger partial charge in [0.05, 0.1) is 11.7 Å². The third-order valence-corrected chi connectivity index (χ3v) is 3.32. The summed E-state index contributed by atoms with van der Waals surface area (Å²) in [5.74, 6) is 0. The Balaban J connectivity index is 2.04. The van der Waals surface area contributed by atoms with E-state index < -0.39 is 0 Å². The van der Waals surface area contributed by atoms with Crippen LogP contribution in [0.25, 0.3) is 0 Å². The van der Waals surface area contributed by atoms with Gasteiger partial charge in [-0.3, -0.25) is 0 Å². The number of hydrogen-bond acceptors (Lipinski definition) is 2. The summed E-state index contributed by atoms with van der Waals surface area (Å²) in [5.41, 5.74) is -0.128. The lowest BCUT2D eigenvalue weighted by molar-refractivity contribution is -0.165. The zero-order valence-electron chi connectivity index (χ0n) is 7.59. The normalized spacial score (nSPS) is 43.2. The second-order valence-corrected chi connectivity index (χ2v) is 4.13. The molecule has 12 heavy (non-hydrogen) atoms. The Morgan fingerprint density at radius 1 is 1.08 bits per heavy atom. The van der Waals surface area contributed by atoms with Gasteiger partial charge in [0.2, 0.25) is 0 Å². The van der Waals surface area contributed by atoms with Crippen LogP contribution in [0.4, 0.5) is 0 Å². The van der Waals surface area contributed by atoms with E-state index in [-0.39, 0.29) is 11.7 Å². The molecule has 1 saturated carbocycles. The lowest BCUT2D eigenvalue weighted by Crippen LogP contribution is -2.49. The summed E-state index contributed by atoms with van der Waals surface area (Å²) < 4.78 is 5.77. The Bertz CT molecular complexity index is 142. The molecule has 0 aromatic heterocycles. The first-order valence-corrected chi connectivity index (χ1v) is 5.16. The highest BCUT2D eigenvalue weighted by Gasteiger charge is 2.41. The first-order valence-electron chi connectivity index (χ1n) is 5.16. The number of aliphatic hydroxyl groups is 1. The summed E-state index contributed by atoms with van der Waals surface area (Å²) in [6, 6.07) is 0. The van der Waals surface area contributed by atoms with Crippen molar-refractivity contribution >= 4 is 0 Å². The molecule has 0 radical (unpaired) electrons. The van der Waals surface area contributed by atoms with Crippen molar-refractivity contribution in [3.63, 3.8) is 0 Å². The minimum atomic E-state index is -0.188. The molecule has 2 atom stereocenters. The molecule has 0 amide bonds. The largest absolute Gasteiger partial charge is 0.390 e. The van der Waals surface area contributed by atoms with Crippen molar-refractivity contribution in [2.45, 2.75) is 56.7 Å². The molecular weight excluding hydrogens is 152 g/mol. The zero-order valence-corrected chi connectivity index (χ0v) is 7.59. The molecule has 1 heterocycles. The van der Waals surface area contributed by atoms with Crippen LogP contribution < -0.4 is 0 Å². The van der Waals surface area contributed by atoms with Crippen molar-refractivity contribution in [3.8, 4) is 0 Å². The van der Waals surface area contributed by atoms with Gasteiger partial charge in [0.1, 0.15) is 0 Å². The van der Waals surface area contributed by atoms with Crippen molar-refractivity contribution < 1.29 is 9.84 Å². The van der Waals surface area contributed by atoms with Gasteiger partial charge in [-0.25, -0.2) is 0 Å². The van der Waals surface area contributed by atoms with Crippen molar-refractivity contribution in [1.82, 2.24) is 0 Å². The number of hydrogen-bond donors (Lipinski definition) is 1. The molecule has 1 N–H and O–H groups in total. The molecule has 70 valence electrons. The van der Waals surface area contributed by atoms with Gasteiger partial charge in [-0.1, -0.05) is 12.8 Å². The Hall–Kier alpha value is -0.0800. The van der Waals surface area contributed by atoms with E-state index in [1.54, 1.807) is 0 Å². The van der Waals surface area contributed by atoms with Crippen molar-refractivity contribution in [2.75, 3.05) is 6.61 Å². The minimum Gasteiger partial charge on any atom is -0.390 e. The van der Waals surface area contributed by atoms with Gasteiger partial charge in [-0.05, 0) is 32.1 Å². The molecule has 1 aliphatic carbocycles. The van der Waals surface area contributed by atoms with Crippen molar-refractivity contribution in [1.29, 1.82) is 0 Å². The highest BCUT2D eigenvalue weighted by Crippen LogP contribution is 2.38. The minimum absolute atomic E-state index is 0.128. The molecule has 2 unspecified atom stereocenters. The molecule has 2 heteroatoms. The second-order valence-electron chi connectivity index (χ2n) is 4.13. The van der Waals surface area contributed by atoms with Gasteiger partial charge in [-0.15, -0.1) is 0 Å². The molecule has 2 fully saturated rings. The van der Waals surface area contributed by atoms with E-state index in [1.165, 1.54) is 25.7 Å². The Morgan fingerprint density at radius 3 is 2.50 bits per heavy atom. The monoisotopic (exact) mass is 170 g/mol. The predicted octanol–water partition coefficient (Wildman–Crippen LogP) is 1.86. The Kier molecular flexibility index (Phi) is 2.37. The lowest BCUT2D eigenvalue weighted by atomic mass is 9.77. The van der Waals surface area contributed by atoms with E-state index in [2.05, 4.69) is 0 Å². The molecule has 2 nitrogen and oxygen atoms in total. The standard InChI is InChI=1S/C10H18O2/c11-9-5-1-2-6-10(9)7-3-4-8-12-10/h9,11H,1-8H2. The van der Waals surface area contributed by atoms with Crippen LogP contribution in [-0.4, -0.2) is 23.4 Å². The zero-order chi connectivity index (χ0) is 8.44. The van der Waals surface area contributed by atoms with E-state index in [0.29, 0.717) is 0 Å². The molecule has 1 aliphatic heterocycles. The third-order valence-electron chi connectivity index (χ3n) is 3.32. The highest BCUT2D eigenvalue weighted by atomic mass is 16.5.